The molecule has 3 fully saturated rings. The fourth-order valence-electron chi connectivity index (χ4n) is 6.41. The smallest absolute Gasteiger partial charge is 0.223 e. The van der Waals surface area contributed by atoms with E-state index in [0.717, 1.165) is 38.1 Å². The molecule has 6 rings (SSSR count). The van der Waals surface area contributed by atoms with E-state index in [1.807, 2.05) is 0 Å². The summed E-state index contributed by atoms with van der Waals surface area (Å²) in [5.41, 5.74) is 3.99. The minimum absolute atomic E-state index is 0.214. The average Bonchev–Trinajstić information content (AvgIpc) is 3.50. The number of amides is 1. The van der Waals surface area contributed by atoms with Crippen molar-refractivity contribution in [1.29, 1.82) is 0 Å². The number of nitrogens with zero attached hydrogens (tertiary/aromatic N) is 4. The molecular formula is C25H31N5O. The summed E-state index contributed by atoms with van der Waals surface area (Å²) < 4.78 is 0. The first kappa shape index (κ1) is 19.2. The molecule has 4 atom stereocenters. The maximum absolute atomic E-state index is 13.5. The standard InChI is InChI=1S/C25H31N5O/c1-15(20-14-26-21-8-2-5-17(24(20)21)16-10-11-16)13-23(31)30-12-4-7-18-19(25-27-29-28-25)6-3-9-22(18)30/h2,5,8,14-16,18-19,22,26H,3-4,6-7,9-13H2,1H3. The van der Waals surface area contributed by atoms with Crippen LogP contribution in [0.4, 0.5) is 0 Å². The molecular weight excluding hydrogens is 386 g/mol. The predicted octanol–water partition coefficient (Wildman–Crippen LogP) is 5.73. The molecule has 2 saturated carbocycles. The van der Waals surface area contributed by atoms with Crippen LogP contribution in [-0.4, -0.2) is 34.2 Å². The van der Waals surface area contributed by atoms with Crippen LogP contribution in [0.3, 0.4) is 0 Å². The third-order valence-electron chi connectivity index (χ3n) is 8.11. The van der Waals surface area contributed by atoms with Gasteiger partial charge < -0.3 is 9.88 Å². The molecule has 162 valence electrons. The molecule has 1 N–H and O–H groups in total. The molecule has 6 nitrogen and oxygen atoms in total. The molecule has 4 unspecified atom stereocenters. The summed E-state index contributed by atoms with van der Waals surface area (Å²) in [6.07, 6.45) is 11.0. The van der Waals surface area contributed by atoms with Gasteiger partial charge in [-0.15, -0.1) is 10.2 Å². The van der Waals surface area contributed by atoms with Crippen LogP contribution < -0.4 is 0 Å². The number of amidine groups is 1. The van der Waals surface area contributed by atoms with Crippen molar-refractivity contribution in [3.8, 4) is 0 Å². The molecule has 0 bridgehead atoms. The van der Waals surface area contributed by atoms with Gasteiger partial charge in [-0.05, 0) is 78.7 Å². The van der Waals surface area contributed by atoms with E-state index in [1.165, 1.54) is 41.3 Å². The molecule has 2 aliphatic carbocycles. The van der Waals surface area contributed by atoms with Gasteiger partial charge in [0.1, 0.15) is 0 Å². The molecule has 1 saturated heterocycles. The number of aromatic amines is 1. The van der Waals surface area contributed by atoms with E-state index >= 15 is 0 Å². The molecule has 31 heavy (non-hydrogen) atoms. The van der Waals surface area contributed by atoms with Gasteiger partial charge in [-0.1, -0.05) is 25.5 Å². The maximum Gasteiger partial charge on any atom is 0.223 e. The van der Waals surface area contributed by atoms with Crippen LogP contribution in [0, 0.1) is 11.8 Å². The highest BCUT2D eigenvalue weighted by molar-refractivity contribution is 5.89. The zero-order valence-electron chi connectivity index (χ0n) is 18.3. The van der Waals surface area contributed by atoms with Gasteiger partial charge in [-0.2, -0.15) is 0 Å². The lowest BCUT2D eigenvalue weighted by molar-refractivity contribution is -0.138. The van der Waals surface area contributed by atoms with Gasteiger partial charge in [0.2, 0.25) is 5.91 Å². The molecule has 6 heteroatoms. The number of fused-ring (bicyclic) bond motifs is 2. The van der Waals surface area contributed by atoms with Gasteiger partial charge in [0.05, 0.1) is 0 Å². The van der Waals surface area contributed by atoms with E-state index < -0.39 is 0 Å². The summed E-state index contributed by atoms with van der Waals surface area (Å²) in [4.78, 5) is 19.2. The Balaban J connectivity index is 1.21. The van der Waals surface area contributed by atoms with Gasteiger partial charge in [0.15, 0.2) is 5.84 Å². The van der Waals surface area contributed by atoms with Gasteiger partial charge in [0, 0.05) is 42.0 Å². The lowest BCUT2D eigenvalue weighted by atomic mass is 9.70. The summed E-state index contributed by atoms with van der Waals surface area (Å²) in [5, 5.41) is 13.4. The largest absolute Gasteiger partial charge is 0.361 e. The Morgan fingerprint density at radius 1 is 1.19 bits per heavy atom. The van der Waals surface area contributed by atoms with Crippen LogP contribution in [0.25, 0.3) is 10.9 Å². The van der Waals surface area contributed by atoms with Crippen molar-refractivity contribution in [3.05, 3.63) is 35.5 Å². The first-order chi connectivity index (χ1) is 15.2. The molecule has 3 heterocycles. The molecule has 0 spiro atoms. The lowest BCUT2D eigenvalue weighted by Gasteiger charge is -2.47. The number of carbonyl (C=O) groups is 1. The fraction of sp³-hybridized carbons (Fsp3) is 0.600. The second kappa shape index (κ2) is 7.57. The lowest BCUT2D eigenvalue weighted by Crippen LogP contribution is -2.53. The van der Waals surface area contributed by atoms with Crippen molar-refractivity contribution < 1.29 is 4.79 Å². The van der Waals surface area contributed by atoms with Gasteiger partial charge in [-0.25, -0.2) is 0 Å². The summed E-state index contributed by atoms with van der Waals surface area (Å²) in [7, 11) is 0. The average molecular weight is 418 g/mol. The summed E-state index contributed by atoms with van der Waals surface area (Å²) in [6, 6.07) is 6.95. The SMILES string of the molecule is CC(CC(=O)N1CCCC2C(C3=NN=N3)CCCC21)c1c[nH]c2cccc(C3CC3)c12. The third-order valence-corrected chi connectivity index (χ3v) is 8.11. The van der Waals surface area contributed by atoms with Crippen molar-refractivity contribution in [2.24, 2.45) is 27.3 Å². The number of benzene rings is 1. The molecule has 2 aromatic rings. The van der Waals surface area contributed by atoms with Crippen molar-refractivity contribution in [1.82, 2.24) is 9.88 Å². The highest BCUT2D eigenvalue weighted by Gasteiger charge is 2.43. The molecule has 4 aliphatic rings. The minimum Gasteiger partial charge on any atom is -0.361 e. The molecule has 2 aliphatic heterocycles. The number of rotatable bonds is 5. The number of aromatic nitrogens is 1. The van der Waals surface area contributed by atoms with Crippen LogP contribution in [0.2, 0.25) is 0 Å². The van der Waals surface area contributed by atoms with Crippen molar-refractivity contribution in [3.63, 3.8) is 0 Å². The van der Waals surface area contributed by atoms with E-state index in [1.54, 1.807) is 0 Å². The number of H-pyrrole nitrogens is 1. The Morgan fingerprint density at radius 3 is 2.84 bits per heavy atom. The zero-order valence-corrected chi connectivity index (χ0v) is 18.3. The number of carbonyl (C=O) groups excluding carboxylic acids is 1. The van der Waals surface area contributed by atoms with Gasteiger partial charge in [0.25, 0.3) is 0 Å². The highest BCUT2D eigenvalue weighted by atomic mass is 16.2. The second-order valence-corrected chi connectivity index (χ2v) is 10.0. The van der Waals surface area contributed by atoms with E-state index in [-0.39, 0.29) is 5.92 Å². The third kappa shape index (κ3) is 3.31. The molecule has 1 amide bonds. The van der Waals surface area contributed by atoms with Gasteiger partial charge in [-0.3, -0.25) is 4.79 Å². The fourth-order valence-corrected chi connectivity index (χ4v) is 6.41. The van der Waals surface area contributed by atoms with Crippen LogP contribution in [0.15, 0.2) is 39.8 Å². The van der Waals surface area contributed by atoms with Crippen LogP contribution in [-0.2, 0) is 4.79 Å². The highest BCUT2D eigenvalue weighted by Crippen LogP contribution is 2.45. The number of nitrogens with one attached hydrogen (secondary N) is 1. The normalized spacial score (nSPS) is 28.7. The second-order valence-electron chi connectivity index (χ2n) is 10.0. The van der Waals surface area contributed by atoms with Gasteiger partial charge >= 0.3 is 0 Å². The monoisotopic (exact) mass is 417 g/mol. The van der Waals surface area contributed by atoms with E-state index in [2.05, 4.69) is 56.6 Å². The van der Waals surface area contributed by atoms with Crippen molar-refractivity contribution >= 4 is 22.6 Å². The number of piperidine rings is 1. The summed E-state index contributed by atoms with van der Waals surface area (Å²) in [6.45, 7) is 3.12. The summed E-state index contributed by atoms with van der Waals surface area (Å²) >= 11 is 0. The molecule has 0 radical (unpaired) electrons. The van der Waals surface area contributed by atoms with E-state index in [9.17, 15) is 4.79 Å². The van der Waals surface area contributed by atoms with Crippen molar-refractivity contribution in [2.45, 2.75) is 76.2 Å². The number of hydrogen-bond donors (Lipinski definition) is 1. The zero-order chi connectivity index (χ0) is 20.9. The number of hydrogen-bond acceptors (Lipinski definition) is 4. The number of likely N-dealkylation sites (tertiary alicyclic amines) is 1. The maximum atomic E-state index is 13.5. The quantitative estimate of drug-likeness (QED) is 0.663. The predicted molar refractivity (Wildman–Crippen MR) is 121 cm³/mol. The Bertz CT molecular complexity index is 1070. The Hall–Kier alpha value is -2.50. The van der Waals surface area contributed by atoms with Crippen LogP contribution in [0.1, 0.15) is 81.3 Å². The summed E-state index contributed by atoms with van der Waals surface area (Å²) in [5.74, 6) is 3.04. The Kier molecular flexibility index (Phi) is 4.69. The van der Waals surface area contributed by atoms with E-state index in [0.29, 0.717) is 36.1 Å². The Morgan fingerprint density at radius 2 is 2.06 bits per heavy atom. The van der Waals surface area contributed by atoms with Crippen molar-refractivity contribution in [2.75, 3.05) is 6.54 Å². The first-order valence-corrected chi connectivity index (χ1v) is 12.1. The van der Waals surface area contributed by atoms with Crippen LogP contribution in [0.5, 0.6) is 0 Å². The first-order valence-electron chi connectivity index (χ1n) is 12.1. The topological polar surface area (TPSA) is 73.2 Å². The molecule has 1 aromatic carbocycles. The molecule has 1 aromatic heterocycles. The van der Waals surface area contributed by atoms with E-state index in [4.69, 9.17) is 0 Å². The minimum atomic E-state index is 0.214. The Labute approximate surface area is 183 Å². The van der Waals surface area contributed by atoms with Crippen LogP contribution >= 0.6 is 0 Å².